The number of hydrogen-bond acceptors (Lipinski definition) is 2. The lowest BCUT2D eigenvalue weighted by molar-refractivity contribution is 0.412. The number of para-hydroxylation sites is 1. The summed E-state index contributed by atoms with van der Waals surface area (Å²) in [5.74, 6) is 1.37. The van der Waals surface area contributed by atoms with Crippen LogP contribution >= 0.6 is 0 Å². The zero-order chi connectivity index (χ0) is 19.2. The van der Waals surface area contributed by atoms with Gasteiger partial charge < -0.3 is 15.0 Å². The van der Waals surface area contributed by atoms with Crippen molar-refractivity contribution >= 4 is 10.9 Å². The molecule has 3 heteroatoms. The Hall–Kier alpha value is -2.52. The number of hydrogen-bond donors (Lipinski definition) is 2. The second-order valence-electron chi connectivity index (χ2n) is 7.70. The van der Waals surface area contributed by atoms with Crippen LogP contribution in [0, 0.1) is 0 Å². The number of H-pyrrole nitrogens is 1. The lowest BCUT2D eigenvalue weighted by Gasteiger charge is -2.29. The molecule has 1 aromatic heterocycles. The Bertz CT molecular complexity index is 910. The van der Waals surface area contributed by atoms with Gasteiger partial charge in [0.15, 0.2) is 0 Å². The summed E-state index contributed by atoms with van der Waals surface area (Å²) in [4.78, 5) is 3.39. The Balaban J connectivity index is 1.28. The third kappa shape index (κ3) is 4.31. The van der Waals surface area contributed by atoms with E-state index in [1.807, 2.05) is 0 Å². The number of methoxy groups -OCH3 is 1. The minimum absolute atomic E-state index is 0.452. The molecule has 146 valence electrons. The van der Waals surface area contributed by atoms with Gasteiger partial charge in [-0.3, -0.25) is 0 Å². The van der Waals surface area contributed by atoms with Gasteiger partial charge in [0.1, 0.15) is 5.75 Å². The molecule has 0 bridgehead atoms. The third-order valence-corrected chi connectivity index (χ3v) is 5.91. The minimum Gasteiger partial charge on any atom is -0.497 e. The normalized spacial score (nSPS) is 19.2. The molecule has 2 N–H and O–H groups in total. The zero-order valence-corrected chi connectivity index (χ0v) is 16.7. The predicted molar refractivity (Wildman–Crippen MR) is 117 cm³/mol. The molecule has 0 radical (unpaired) electrons. The van der Waals surface area contributed by atoms with E-state index < -0.39 is 0 Å². The number of fused-ring (bicyclic) bond motifs is 1. The summed E-state index contributed by atoms with van der Waals surface area (Å²) in [6, 6.07) is 17.6. The van der Waals surface area contributed by atoms with Gasteiger partial charge in [0.25, 0.3) is 0 Å². The van der Waals surface area contributed by atoms with Crippen molar-refractivity contribution in [2.75, 3.05) is 13.7 Å². The fraction of sp³-hybridized carbons (Fsp3) is 0.360. The van der Waals surface area contributed by atoms with E-state index in [-0.39, 0.29) is 0 Å². The fourth-order valence-electron chi connectivity index (χ4n) is 4.34. The Morgan fingerprint density at radius 2 is 1.86 bits per heavy atom. The van der Waals surface area contributed by atoms with E-state index in [4.69, 9.17) is 4.74 Å². The lowest BCUT2D eigenvalue weighted by atomic mass is 9.86. The standard InChI is InChI=1S/C25H30N2O/c1-28-21-15-13-19(14-16-21)22-10-7-17-26-24(22)11-4-2-3-8-20-18-27-25-12-6-5-9-23(20)25/h5-7,9-10,12-16,18,22,24,26-27H,2-4,8,11,17H2,1H3. The SMILES string of the molecule is COc1ccc(C2C=CCNC2CCCCCc2c[nH]c3ccccc23)cc1. The first-order valence-electron chi connectivity index (χ1n) is 10.4. The van der Waals surface area contributed by atoms with Crippen molar-refractivity contribution in [2.45, 2.75) is 44.1 Å². The molecule has 2 atom stereocenters. The lowest BCUT2D eigenvalue weighted by Crippen LogP contribution is -2.37. The van der Waals surface area contributed by atoms with E-state index >= 15 is 0 Å². The number of aromatic nitrogens is 1. The summed E-state index contributed by atoms with van der Waals surface area (Å²) in [5, 5.41) is 5.08. The Morgan fingerprint density at radius 3 is 2.71 bits per heavy atom. The highest BCUT2D eigenvalue weighted by atomic mass is 16.5. The van der Waals surface area contributed by atoms with Crippen molar-refractivity contribution in [2.24, 2.45) is 0 Å². The van der Waals surface area contributed by atoms with Crippen LogP contribution in [0.25, 0.3) is 10.9 Å². The van der Waals surface area contributed by atoms with Crippen LogP contribution < -0.4 is 10.1 Å². The number of aryl methyl sites for hydroxylation is 1. The molecule has 28 heavy (non-hydrogen) atoms. The number of aromatic amines is 1. The van der Waals surface area contributed by atoms with Crippen LogP contribution in [-0.4, -0.2) is 24.7 Å². The largest absolute Gasteiger partial charge is 0.497 e. The van der Waals surface area contributed by atoms with E-state index in [1.165, 1.54) is 47.7 Å². The Kier molecular flexibility index (Phi) is 6.13. The average molecular weight is 375 g/mol. The fourth-order valence-corrected chi connectivity index (χ4v) is 4.34. The van der Waals surface area contributed by atoms with Crippen LogP contribution in [0.4, 0.5) is 0 Å². The Labute approximate surface area is 167 Å². The van der Waals surface area contributed by atoms with E-state index in [0.29, 0.717) is 12.0 Å². The van der Waals surface area contributed by atoms with E-state index in [9.17, 15) is 0 Å². The number of unbranched alkanes of at least 4 members (excludes halogenated alkanes) is 2. The van der Waals surface area contributed by atoms with Crippen molar-refractivity contribution in [1.29, 1.82) is 0 Å². The number of benzene rings is 2. The second kappa shape index (κ2) is 9.11. The van der Waals surface area contributed by atoms with Crippen LogP contribution in [0.1, 0.15) is 42.7 Å². The maximum atomic E-state index is 5.30. The van der Waals surface area contributed by atoms with Gasteiger partial charge in [-0.15, -0.1) is 0 Å². The average Bonchev–Trinajstić information content (AvgIpc) is 3.17. The summed E-state index contributed by atoms with van der Waals surface area (Å²) < 4.78 is 5.30. The highest BCUT2D eigenvalue weighted by Gasteiger charge is 2.22. The van der Waals surface area contributed by atoms with Gasteiger partial charge in [0.2, 0.25) is 0 Å². The van der Waals surface area contributed by atoms with Gasteiger partial charge >= 0.3 is 0 Å². The van der Waals surface area contributed by atoms with Crippen molar-refractivity contribution in [3.8, 4) is 5.75 Å². The summed E-state index contributed by atoms with van der Waals surface area (Å²) in [5.41, 5.74) is 4.07. The Morgan fingerprint density at radius 1 is 1.00 bits per heavy atom. The second-order valence-corrected chi connectivity index (χ2v) is 7.70. The molecule has 0 amide bonds. The summed E-state index contributed by atoms with van der Waals surface area (Å²) in [6.07, 6.45) is 13.0. The predicted octanol–water partition coefficient (Wildman–Crippen LogP) is 5.59. The minimum atomic E-state index is 0.452. The van der Waals surface area contributed by atoms with Crippen LogP contribution in [0.3, 0.4) is 0 Å². The molecule has 3 nitrogen and oxygen atoms in total. The first-order chi connectivity index (χ1) is 13.8. The quantitative estimate of drug-likeness (QED) is 0.398. The molecule has 2 heterocycles. The smallest absolute Gasteiger partial charge is 0.118 e. The van der Waals surface area contributed by atoms with Gasteiger partial charge in [-0.25, -0.2) is 0 Å². The van der Waals surface area contributed by atoms with Gasteiger partial charge in [-0.1, -0.05) is 55.3 Å². The van der Waals surface area contributed by atoms with Crippen LogP contribution in [0.15, 0.2) is 66.9 Å². The molecule has 4 rings (SSSR count). The van der Waals surface area contributed by atoms with Crippen molar-refractivity contribution in [1.82, 2.24) is 10.3 Å². The molecule has 0 saturated carbocycles. The number of rotatable bonds is 8. The first-order valence-corrected chi connectivity index (χ1v) is 10.4. The van der Waals surface area contributed by atoms with Crippen molar-refractivity contribution in [3.63, 3.8) is 0 Å². The topological polar surface area (TPSA) is 37.0 Å². The zero-order valence-electron chi connectivity index (χ0n) is 16.7. The van der Waals surface area contributed by atoms with Crippen molar-refractivity contribution < 1.29 is 4.74 Å². The van der Waals surface area contributed by atoms with Crippen LogP contribution in [0.2, 0.25) is 0 Å². The van der Waals surface area contributed by atoms with Gasteiger partial charge in [-0.2, -0.15) is 0 Å². The van der Waals surface area contributed by atoms with Gasteiger partial charge in [-0.05, 0) is 48.6 Å². The molecule has 1 aliphatic rings. The maximum Gasteiger partial charge on any atom is 0.118 e. The summed E-state index contributed by atoms with van der Waals surface area (Å²) in [7, 11) is 1.72. The van der Waals surface area contributed by atoms with Crippen molar-refractivity contribution in [3.05, 3.63) is 78.0 Å². The highest BCUT2D eigenvalue weighted by molar-refractivity contribution is 5.82. The first kappa shape index (κ1) is 18.8. The summed E-state index contributed by atoms with van der Waals surface area (Å²) in [6.45, 7) is 0.979. The van der Waals surface area contributed by atoms with Crippen LogP contribution in [0.5, 0.6) is 5.75 Å². The maximum absolute atomic E-state index is 5.30. The molecular weight excluding hydrogens is 344 g/mol. The van der Waals surface area contributed by atoms with Gasteiger partial charge in [0, 0.05) is 35.6 Å². The molecule has 0 spiro atoms. The molecule has 3 aromatic rings. The summed E-state index contributed by atoms with van der Waals surface area (Å²) >= 11 is 0. The number of ether oxygens (including phenoxy) is 1. The molecule has 0 aliphatic carbocycles. The molecule has 0 fully saturated rings. The molecular formula is C25H30N2O. The highest BCUT2D eigenvalue weighted by Crippen LogP contribution is 2.28. The molecule has 2 aromatic carbocycles. The monoisotopic (exact) mass is 374 g/mol. The third-order valence-electron chi connectivity index (χ3n) is 5.91. The molecule has 0 saturated heterocycles. The van der Waals surface area contributed by atoms with E-state index in [2.05, 4.69) is 77.2 Å². The van der Waals surface area contributed by atoms with Crippen LogP contribution in [-0.2, 0) is 6.42 Å². The number of nitrogens with one attached hydrogen (secondary N) is 2. The van der Waals surface area contributed by atoms with E-state index in [1.54, 1.807) is 7.11 Å². The molecule has 2 unspecified atom stereocenters. The van der Waals surface area contributed by atoms with E-state index in [0.717, 1.165) is 18.7 Å². The van der Waals surface area contributed by atoms with Gasteiger partial charge in [0.05, 0.1) is 7.11 Å². The molecule has 1 aliphatic heterocycles.